The molecule has 4 heterocycles. The Bertz CT molecular complexity index is 897. The van der Waals surface area contributed by atoms with Gasteiger partial charge in [-0.05, 0) is 50.9 Å². The number of alkyl halides is 3. The molecule has 2 amide bonds. The summed E-state index contributed by atoms with van der Waals surface area (Å²) in [7, 11) is 3.28. The van der Waals surface area contributed by atoms with Gasteiger partial charge < -0.3 is 25.0 Å². The summed E-state index contributed by atoms with van der Waals surface area (Å²) in [6.45, 7) is 4.48. The van der Waals surface area contributed by atoms with E-state index in [0.29, 0.717) is 45.1 Å². The minimum absolute atomic E-state index is 0.0142. The van der Waals surface area contributed by atoms with Crippen molar-refractivity contribution in [2.45, 2.75) is 86.0 Å². The third kappa shape index (κ3) is 6.58. The van der Waals surface area contributed by atoms with Gasteiger partial charge in [0.15, 0.2) is 0 Å². The van der Waals surface area contributed by atoms with Gasteiger partial charge in [-0.2, -0.15) is 0 Å². The van der Waals surface area contributed by atoms with E-state index in [4.69, 9.17) is 21.1 Å². The zero-order valence-corrected chi connectivity index (χ0v) is 25.1. The fraction of sp³-hybridized carbons (Fsp3) is 0.926. The third-order valence-electron chi connectivity index (χ3n) is 9.85. The summed E-state index contributed by atoms with van der Waals surface area (Å²) < 4.78 is 38.1. The van der Waals surface area contributed by atoms with Gasteiger partial charge in [0, 0.05) is 63.7 Å². The van der Waals surface area contributed by atoms with Crippen LogP contribution in [0.25, 0.3) is 0 Å². The lowest BCUT2D eigenvalue weighted by molar-refractivity contribution is -0.144. The fourth-order valence-corrected chi connectivity index (χ4v) is 9.33. The lowest BCUT2D eigenvalue weighted by atomic mass is 9.70. The van der Waals surface area contributed by atoms with Crippen molar-refractivity contribution in [3.05, 3.63) is 0 Å². The van der Waals surface area contributed by atoms with E-state index in [1.54, 1.807) is 30.9 Å². The van der Waals surface area contributed by atoms with Gasteiger partial charge in [0.05, 0.1) is 29.5 Å². The average Bonchev–Trinajstić information content (AvgIpc) is 3.51. The molecular weight excluding hydrogens is 564 g/mol. The molecule has 0 aromatic rings. The maximum absolute atomic E-state index is 13.6. The number of amides is 2. The highest BCUT2D eigenvalue weighted by Crippen LogP contribution is 2.40. The minimum Gasteiger partial charge on any atom is -0.381 e. The average molecular weight is 608 g/mol. The van der Waals surface area contributed by atoms with E-state index >= 15 is 0 Å². The van der Waals surface area contributed by atoms with Crippen LogP contribution in [0.2, 0.25) is 0 Å². The van der Waals surface area contributed by atoms with Crippen LogP contribution in [-0.2, 0) is 19.1 Å². The van der Waals surface area contributed by atoms with Crippen molar-refractivity contribution in [1.29, 1.82) is 0 Å². The Hall–Kier alpha value is -0.760. The maximum Gasteiger partial charge on any atom is 0.241 e. The quantitative estimate of drug-likeness (QED) is 0.257. The van der Waals surface area contributed by atoms with Crippen LogP contribution in [-0.4, -0.2) is 104 Å². The lowest BCUT2D eigenvalue weighted by Gasteiger charge is -2.45. The van der Waals surface area contributed by atoms with E-state index in [9.17, 15) is 18.4 Å². The number of ether oxygens (including phenoxy) is 2. The number of thioether (sulfide) groups is 1. The monoisotopic (exact) mass is 607 g/mol. The molecule has 1 aliphatic carbocycles. The molecular formula is C27H44ClF2N5O4S. The molecule has 40 heavy (non-hydrogen) atoms. The SMILES string of the molecule is COC1CCC(C(F)F)CC1C(=O)N1CC2NC(NC(=O)C3CNC(C)CC3C3CC(Cl)NCC3OC)SC2C1. The Labute approximate surface area is 244 Å². The van der Waals surface area contributed by atoms with Crippen molar-refractivity contribution in [2.75, 3.05) is 40.4 Å². The van der Waals surface area contributed by atoms with Gasteiger partial charge in [-0.1, -0.05) is 0 Å². The molecule has 0 bridgehead atoms. The van der Waals surface area contributed by atoms with E-state index in [1.807, 2.05) is 0 Å². The van der Waals surface area contributed by atoms with Gasteiger partial charge in [0.25, 0.3) is 0 Å². The van der Waals surface area contributed by atoms with E-state index in [1.165, 1.54) is 0 Å². The number of rotatable bonds is 7. The molecule has 5 aliphatic rings. The number of nitrogens with zero attached hydrogens (tertiary/aromatic N) is 1. The third-order valence-corrected chi connectivity index (χ3v) is 11.5. The number of halogens is 3. The zero-order valence-electron chi connectivity index (χ0n) is 23.5. The van der Waals surface area contributed by atoms with E-state index < -0.39 is 18.3 Å². The predicted molar refractivity (Wildman–Crippen MR) is 150 cm³/mol. The molecule has 13 heteroatoms. The first-order chi connectivity index (χ1) is 19.2. The van der Waals surface area contributed by atoms with Crippen molar-refractivity contribution < 1.29 is 27.8 Å². The summed E-state index contributed by atoms with van der Waals surface area (Å²) in [4.78, 5) is 28.8. The highest BCUT2D eigenvalue weighted by molar-refractivity contribution is 8.00. The first-order valence-corrected chi connectivity index (χ1v) is 16.0. The maximum atomic E-state index is 13.6. The molecule has 5 fully saturated rings. The lowest BCUT2D eigenvalue weighted by Crippen LogP contribution is -2.57. The summed E-state index contributed by atoms with van der Waals surface area (Å²) in [5.74, 6) is -1.20. The van der Waals surface area contributed by atoms with Crippen molar-refractivity contribution in [2.24, 2.45) is 29.6 Å². The zero-order chi connectivity index (χ0) is 28.6. The van der Waals surface area contributed by atoms with E-state index in [-0.39, 0.29) is 70.5 Å². The molecule has 0 aromatic heterocycles. The number of hydrogen-bond acceptors (Lipinski definition) is 8. The van der Waals surface area contributed by atoms with Crippen LogP contribution in [0.5, 0.6) is 0 Å². The largest absolute Gasteiger partial charge is 0.381 e. The second kappa shape index (κ2) is 13.3. The summed E-state index contributed by atoms with van der Waals surface area (Å²) >= 11 is 8.10. The van der Waals surface area contributed by atoms with Gasteiger partial charge >= 0.3 is 0 Å². The van der Waals surface area contributed by atoms with Crippen LogP contribution in [0, 0.1) is 29.6 Å². The van der Waals surface area contributed by atoms with Crippen molar-refractivity contribution in [3.8, 4) is 0 Å². The minimum atomic E-state index is -2.42. The molecule has 12 unspecified atom stereocenters. The van der Waals surface area contributed by atoms with Crippen molar-refractivity contribution in [3.63, 3.8) is 0 Å². The smallest absolute Gasteiger partial charge is 0.241 e. The molecule has 228 valence electrons. The van der Waals surface area contributed by atoms with E-state index in [0.717, 1.165) is 12.8 Å². The Morgan fingerprint density at radius 3 is 2.48 bits per heavy atom. The van der Waals surface area contributed by atoms with Gasteiger partial charge in [0.1, 0.15) is 5.50 Å². The van der Waals surface area contributed by atoms with Crippen LogP contribution in [0.15, 0.2) is 0 Å². The number of nitrogens with one attached hydrogen (secondary N) is 4. The van der Waals surface area contributed by atoms with Gasteiger partial charge in [-0.25, -0.2) is 8.78 Å². The summed E-state index contributed by atoms with van der Waals surface area (Å²) in [5.41, 5.74) is -0.368. The van der Waals surface area contributed by atoms with Crippen molar-refractivity contribution in [1.82, 2.24) is 26.2 Å². The molecule has 9 nitrogen and oxygen atoms in total. The second-order valence-electron chi connectivity index (χ2n) is 12.2. The van der Waals surface area contributed by atoms with Crippen LogP contribution < -0.4 is 21.3 Å². The number of methoxy groups -OCH3 is 2. The highest BCUT2D eigenvalue weighted by Gasteiger charge is 2.48. The van der Waals surface area contributed by atoms with Gasteiger partial charge in [-0.3, -0.25) is 20.2 Å². The number of carbonyl (C=O) groups is 2. The normalized spacial score (nSPS) is 44.0. The van der Waals surface area contributed by atoms with Crippen molar-refractivity contribution >= 4 is 35.2 Å². The van der Waals surface area contributed by atoms with E-state index in [2.05, 4.69) is 28.2 Å². The predicted octanol–water partition coefficient (Wildman–Crippen LogP) is 1.80. The Morgan fingerprint density at radius 2 is 1.77 bits per heavy atom. The number of fused-ring (bicyclic) bond motifs is 1. The first-order valence-electron chi connectivity index (χ1n) is 14.6. The standard InChI is InChI=1S/C27H44ClF2N5O4S/c1-13-6-15(16-8-23(28)32-10-21(16)39-3)18(9-31-13)25(36)34-27-33-19-11-35(12-22(19)40-27)26(37)17-7-14(24(29)30)4-5-20(17)38-2/h13-24,27,31-33H,4-12H2,1-3H3,(H,34,36). The van der Waals surface area contributed by atoms with Gasteiger partial charge in [-0.15, -0.1) is 23.4 Å². The number of likely N-dealkylation sites (tertiary alicyclic amines) is 1. The molecule has 4 saturated heterocycles. The molecule has 4 aliphatic heterocycles. The number of hydrogen-bond donors (Lipinski definition) is 4. The van der Waals surface area contributed by atoms with Crippen LogP contribution in [0.4, 0.5) is 8.78 Å². The second-order valence-corrected chi connectivity index (χ2v) is 14.1. The van der Waals surface area contributed by atoms with Crippen LogP contribution in [0.3, 0.4) is 0 Å². The Kier molecular flexibility index (Phi) is 10.2. The highest BCUT2D eigenvalue weighted by atomic mass is 35.5. The first kappa shape index (κ1) is 30.7. The topological polar surface area (TPSA) is 104 Å². The van der Waals surface area contributed by atoms with Gasteiger partial charge in [0.2, 0.25) is 18.2 Å². The molecule has 1 saturated carbocycles. The number of piperidine rings is 2. The molecule has 5 rings (SSSR count). The number of carbonyl (C=O) groups excluding carboxylic acids is 2. The Morgan fingerprint density at radius 1 is 1.00 bits per heavy atom. The molecule has 0 radical (unpaired) electrons. The molecule has 0 spiro atoms. The summed E-state index contributed by atoms with van der Waals surface area (Å²) in [6, 6.07) is 0.351. The Balaban J connectivity index is 1.16. The fourth-order valence-electron chi connectivity index (χ4n) is 7.63. The van der Waals surface area contributed by atoms with Crippen LogP contribution in [0.1, 0.15) is 39.0 Å². The molecule has 12 atom stereocenters. The summed E-state index contributed by atoms with van der Waals surface area (Å²) in [5, 5.41) is 13.6. The summed E-state index contributed by atoms with van der Waals surface area (Å²) in [6.07, 6.45) is -0.0429. The van der Waals surface area contributed by atoms with Crippen LogP contribution >= 0.6 is 23.4 Å². The molecule has 4 N–H and O–H groups in total. The molecule has 0 aromatic carbocycles.